The van der Waals surface area contributed by atoms with Crippen LogP contribution in [0, 0.1) is 15.3 Å². The van der Waals surface area contributed by atoms with E-state index in [9.17, 15) is 0 Å². The van der Waals surface area contributed by atoms with Crippen molar-refractivity contribution in [3.05, 3.63) is 33.7 Å². The smallest absolute Gasteiger partial charge is 0.270 e. The Bertz CT molecular complexity index is 222. The van der Waals surface area contributed by atoms with Gasteiger partial charge in [-0.1, -0.05) is 0 Å². The number of pyridine rings is 1. The third-order valence-electron chi connectivity index (χ3n) is 0.820. The maximum absolute atomic E-state index is 8.67. The fourth-order valence-corrected chi connectivity index (χ4v) is 0.429. The van der Waals surface area contributed by atoms with Crippen LogP contribution < -0.4 is 10.7 Å². The highest BCUT2D eigenvalue weighted by molar-refractivity contribution is 5.24. The Kier molecular flexibility index (Phi) is 3.91. The number of nitrogens with one attached hydrogen (secondary N) is 1. The zero-order valence-corrected chi connectivity index (χ0v) is 5.93. The van der Waals surface area contributed by atoms with Crippen LogP contribution in [0.1, 0.15) is 0 Å². The monoisotopic (exact) mass is 173 g/mol. The van der Waals surface area contributed by atoms with E-state index in [-0.39, 0.29) is 5.75 Å². The highest BCUT2D eigenvalue weighted by Crippen LogP contribution is 2.01. The van der Waals surface area contributed by atoms with Gasteiger partial charge in [-0.25, -0.2) is 4.98 Å². The zero-order chi connectivity index (χ0) is 9.56. The van der Waals surface area contributed by atoms with Gasteiger partial charge in [0.25, 0.3) is 5.82 Å². The molecule has 0 aliphatic heterocycles. The summed E-state index contributed by atoms with van der Waals surface area (Å²) in [6.07, 6.45) is 1.43. The SMILES string of the molecule is Nc1ccc(O)c[nH+]1.O=[N+]([O-])[O-]. The van der Waals surface area contributed by atoms with Gasteiger partial charge in [0, 0.05) is 6.07 Å². The van der Waals surface area contributed by atoms with Gasteiger partial charge in [0.2, 0.25) is 0 Å². The van der Waals surface area contributed by atoms with Crippen LogP contribution in [0.3, 0.4) is 0 Å². The molecule has 0 fully saturated rings. The molecule has 12 heavy (non-hydrogen) atoms. The molecule has 0 aromatic carbocycles. The fourth-order valence-electron chi connectivity index (χ4n) is 0.429. The average molecular weight is 173 g/mol. The number of aromatic nitrogens is 1. The van der Waals surface area contributed by atoms with Crippen LogP contribution in [-0.2, 0) is 0 Å². The standard InChI is InChI=1S/C5H6N2O.NO3/c6-5-2-1-4(8)3-7-5;2-1(3)4/h1-3,8H,(H2,6,7);/q;-1/p+1. The van der Waals surface area contributed by atoms with Crippen molar-refractivity contribution in [3.8, 4) is 5.75 Å². The highest BCUT2D eigenvalue weighted by Gasteiger charge is 1.89. The number of hydrogen-bond acceptors (Lipinski definition) is 5. The number of anilines is 1. The van der Waals surface area contributed by atoms with E-state index in [1.807, 2.05) is 0 Å². The summed E-state index contributed by atoms with van der Waals surface area (Å²) in [6.45, 7) is 0. The Morgan fingerprint density at radius 1 is 1.50 bits per heavy atom. The van der Waals surface area contributed by atoms with Gasteiger partial charge >= 0.3 is 0 Å². The van der Waals surface area contributed by atoms with Crippen LogP contribution in [0.25, 0.3) is 0 Å². The molecule has 1 rings (SSSR count). The van der Waals surface area contributed by atoms with Crippen LogP contribution in [0.5, 0.6) is 5.75 Å². The lowest BCUT2D eigenvalue weighted by molar-refractivity contribution is -0.402. The van der Waals surface area contributed by atoms with Crippen molar-refractivity contribution in [2.45, 2.75) is 0 Å². The lowest BCUT2D eigenvalue weighted by Gasteiger charge is -1.84. The van der Waals surface area contributed by atoms with Crippen molar-refractivity contribution < 1.29 is 15.2 Å². The molecule has 0 spiro atoms. The largest absolute Gasteiger partial charge is 0.504 e. The molecule has 1 aromatic rings. The van der Waals surface area contributed by atoms with Crippen LogP contribution in [0.4, 0.5) is 5.82 Å². The molecular weight excluding hydrogens is 166 g/mol. The lowest BCUT2D eigenvalue weighted by Crippen LogP contribution is -2.07. The second-order valence-electron chi connectivity index (χ2n) is 1.73. The molecule has 0 saturated heterocycles. The van der Waals surface area contributed by atoms with Crippen LogP contribution in [0.15, 0.2) is 18.3 Å². The number of nitrogen functional groups attached to an aromatic ring is 1. The molecule has 7 heteroatoms. The Labute approximate surface area is 67.2 Å². The molecular formula is C5H7N3O4. The normalized spacial score (nSPS) is 8.00. The van der Waals surface area contributed by atoms with Crippen molar-refractivity contribution in [1.29, 1.82) is 0 Å². The first kappa shape index (κ1) is 9.95. The Morgan fingerprint density at radius 3 is 2.25 bits per heavy atom. The maximum Gasteiger partial charge on any atom is 0.270 e. The summed E-state index contributed by atoms with van der Waals surface area (Å²) in [5, 5.41) is 23.4. The first-order valence-corrected chi connectivity index (χ1v) is 2.80. The maximum atomic E-state index is 8.67. The summed E-state index contributed by atoms with van der Waals surface area (Å²) in [4.78, 5) is 10.9. The van der Waals surface area contributed by atoms with Crippen LogP contribution in [0.2, 0.25) is 0 Å². The second kappa shape index (κ2) is 4.72. The van der Waals surface area contributed by atoms with Crippen molar-refractivity contribution >= 4 is 5.82 Å². The van der Waals surface area contributed by atoms with Gasteiger partial charge in [0.05, 0.1) is 5.09 Å². The topological polar surface area (TPSA) is 127 Å². The van der Waals surface area contributed by atoms with Gasteiger partial charge in [-0.05, 0) is 6.07 Å². The summed E-state index contributed by atoms with van der Waals surface area (Å²) < 4.78 is 0. The highest BCUT2D eigenvalue weighted by atomic mass is 16.9. The van der Waals surface area contributed by atoms with Crippen molar-refractivity contribution in [2.75, 3.05) is 5.73 Å². The van der Waals surface area contributed by atoms with E-state index < -0.39 is 5.09 Å². The third-order valence-corrected chi connectivity index (χ3v) is 0.820. The van der Waals surface area contributed by atoms with E-state index in [0.717, 1.165) is 0 Å². The molecule has 0 saturated carbocycles. The Morgan fingerprint density at radius 2 is 2.00 bits per heavy atom. The Hall–Kier alpha value is -2.05. The van der Waals surface area contributed by atoms with Gasteiger partial charge < -0.3 is 20.4 Å². The molecule has 0 unspecified atom stereocenters. The fraction of sp³-hybridized carbons (Fsp3) is 0. The number of hydrogen-bond donors (Lipinski definition) is 2. The number of nitrogens with two attached hydrogens (primary N) is 1. The minimum absolute atomic E-state index is 0.194. The quantitative estimate of drug-likeness (QED) is 0.405. The predicted octanol–water partition coefficient (Wildman–Crippen LogP) is -0.451. The summed E-state index contributed by atoms with van der Waals surface area (Å²) in [5.41, 5.74) is 5.26. The zero-order valence-electron chi connectivity index (χ0n) is 5.93. The minimum Gasteiger partial charge on any atom is -0.504 e. The molecule has 4 N–H and O–H groups in total. The number of aromatic amines is 1. The number of nitrogens with zero attached hydrogens (tertiary/aromatic N) is 1. The average Bonchev–Trinajstić information content (AvgIpc) is 1.94. The molecule has 1 heterocycles. The van der Waals surface area contributed by atoms with Crippen molar-refractivity contribution in [3.63, 3.8) is 0 Å². The summed E-state index contributed by atoms with van der Waals surface area (Å²) >= 11 is 0. The molecule has 66 valence electrons. The van der Waals surface area contributed by atoms with Gasteiger partial charge in [-0.15, -0.1) is 0 Å². The van der Waals surface area contributed by atoms with Crippen molar-refractivity contribution in [2.24, 2.45) is 0 Å². The summed E-state index contributed by atoms with van der Waals surface area (Å²) in [5.74, 6) is 0.738. The molecule has 0 aliphatic rings. The first-order chi connectivity index (χ1) is 5.52. The van der Waals surface area contributed by atoms with E-state index >= 15 is 0 Å². The molecule has 0 radical (unpaired) electrons. The molecule has 1 aromatic heterocycles. The molecule has 7 nitrogen and oxygen atoms in total. The summed E-state index contributed by atoms with van der Waals surface area (Å²) in [6, 6.07) is 3.11. The Balaban J connectivity index is 0.000000261. The van der Waals surface area contributed by atoms with Gasteiger partial charge in [-0.2, -0.15) is 0 Å². The number of rotatable bonds is 0. The van der Waals surface area contributed by atoms with E-state index in [0.29, 0.717) is 5.82 Å². The minimum atomic E-state index is -1.75. The lowest BCUT2D eigenvalue weighted by atomic mass is 10.4. The van der Waals surface area contributed by atoms with Crippen LogP contribution in [-0.4, -0.2) is 10.2 Å². The van der Waals surface area contributed by atoms with E-state index in [4.69, 9.17) is 26.2 Å². The molecule has 0 bridgehead atoms. The molecule has 0 amide bonds. The van der Waals surface area contributed by atoms with Crippen molar-refractivity contribution in [1.82, 2.24) is 0 Å². The van der Waals surface area contributed by atoms with Gasteiger partial charge in [0.1, 0.15) is 6.20 Å². The first-order valence-electron chi connectivity index (χ1n) is 2.80. The molecule has 0 aliphatic carbocycles. The number of H-pyrrole nitrogens is 1. The van der Waals surface area contributed by atoms with Crippen LogP contribution >= 0.6 is 0 Å². The predicted molar refractivity (Wildman–Crippen MR) is 39.4 cm³/mol. The van der Waals surface area contributed by atoms with E-state index in [1.54, 1.807) is 6.07 Å². The molecule has 0 atom stereocenters. The van der Waals surface area contributed by atoms with Gasteiger partial charge in [-0.3, -0.25) is 5.73 Å². The van der Waals surface area contributed by atoms with Gasteiger partial charge in [0.15, 0.2) is 5.75 Å². The number of aromatic hydroxyl groups is 1. The summed E-state index contributed by atoms with van der Waals surface area (Å²) in [7, 11) is 0. The second-order valence-corrected chi connectivity index (χ2v) is 1.73. The third kappa shape index (κ3) is 6.08. The van der Waals surface area contributed by atoms with E-state index in [2.05, 4.69) is 4.98 Å². The van der Waals surface area contributed by atoms with E-state index in [1.165, 1.54) is 12.3 Å².